The van der Waals surface area contributed by atoms with Gasteiger partial charge in [-0.3, -0.25) is 4.79 Å². The molecule has 2 heterocycles. The van der Waals surface area contributed by atoms with Crippen LogP contribution in [0.15, 0.2) is 23.1 Å². The normalized spacial score (nSPS) is 26.3. The third kappa shape index (κ3) is 3.43. The molecule has 1 fully saturated rings. The van der Waals surface area contributed by atoms with Gasteiger partial charge in [0.05, 0.1) is 4.90 Å². The maximum Gasteiger partial charge on any atom is 0.243 e. The Balaban J connectivity index is 1.91. The van der Waals surface area contributed by atoms with Crippen molar-refractivity contribution >= 4 is 21.6 Å². The van der Waals surface area contributed by atoms with Gasteiger partial charge < -0.3 is 5.32 Å². The highest BCUT2D eigenvalue weighted by molar-refractivity contribution is 7.89. The number of anilines is 1. The molecule has 0 spiro atoms. The first kappa shape index (κ1) is 16.5. The lowest BCUT2D eigenvalue weighted by molar-refractivity contribution is -0.116. The number of nitrogens with zero attached hydrogens (tertiary/aromatic N) is 1. The highest BCUT2D eigenvalue weighted by atomic mass is 32.2. The number of aryl methyl sites for hydroxylation is 1. The summed E-state index contributed by atoms with van der Waals surface area (Å²) < 4.78 is 27.5. The van der Waals surface area contributed by atoms with Crippen molar-refractivity contribution in [3.05, 3.63) is 23.8 Å². The average Bonchev–Trinajstić information content (AvgIpc) is 2.66. The predicted octanol–water partition coefficient (Wildman–Crippen LogP) is 2.63. The highest BCUT2D eigenvalue weighted by Gasteiger charge is 2.32. The Bertz CT molecular complexity index is 705. The van der Waals surface area contributed by atoms with Gasteiger partial charge in [0.1, 0.15) is 0 Å². The van der Waals surface area contributed by atoms with Gasteiger partial charge in [-0.25, -0.2) is 8.42 Å². The van der Waals surface area contributed by atoms with Crippen LogP contribution in [0.2, 0.25) is 0 Å². The van der Waals surface area contributed by atoms with Crippen LogP contribution in [0.4, 0.5) is 5.69 Å². The predicted molar refractivity (Wildman–Crippen MR) is 89.7 cm³/mol. The smallest absolute Gasteiger partial charge is 0.243 e. The van der Waals surface area contributed by atoms with Crippen LogP contribution in [-0.4, -0.2) is 31.7 Å². The van der Waals surface area contributed by atoms with Crippen molar-refractivity contribution in [1.29, 1.82) is 0 Å². The summed E-state index contributed by atoms with van der Waals surface area (Å²) in [6.07, 6.45) is 3.03. The Morgan fingerprint density at radius 2 is 1.83 bits per heavy atom. The lowest BCUT2D eigenvalue weighted by Gasteiger charge is -2.34. The number of amides is 1. The Labute approximate surface area is 138 Å². The fourth-order valence-electron chi connectivity index (χ4n) is 3.66. The number of hydrogen-bond donors (Lipinski definition) is 1. The van der Waals surface area contributed by atoms with E-state index in [9.17, 15) is 13.2 Å². The molecule has 1 N–H and O–H groups in total. The molecule has 0 saturated carbocycles. The van der Waals surface area contributed by atoms with Crippen LogP contribution in [0.25, 0.3) is 0 Å². The zero-order chi connectivity index (χ0) is 16.6. The first-order valence-electron chi connectivity index (χ1n) is 8.29. The summed E-state index contributed by atoms with van der Waals surface area (Å²) in [6, 6.07) is 5.08. The molecule has 0 aliphatic carbocycles. The molecule has 6 heteroatoms. The Morgan fingerprint density at radius 3 is 2.52 bits per heavy atom. The summed E-state index contributed by atoms with van der Waals surface area (Å²) in [7, 11) is -3.47. The van der Waals surface area contributed by atoms with Crippen LogP contribution in [0.3, 0.4) is 0 Å². The van der Waals surface area contributed by atoms with Crippen LogP contribution in [-0.2, 0) is 21.2 Å². The quantitative estimate of drug-likeness (QED) is 0.903. The monoisotopic (exact) mass is 336 g/mol. The summed E-state index contributed by atoms with van der Waals surface area (Å²) in [4.78, 5) is 12.0. The van der Waals surface area contributed by atoms with Gasteiger partial charge in [-0.2, -0.15) is 4.31 Å². The van der Waals surface area contributed by atoms with Crippen LogP contribution in [0, 0.1) is 11.8 Å². The first-order chi connectivity index (χ1) is 10.9. The number of hydrogen-bond acceptors (Lipinski definition) is 3. The van der Waals surface area contributed by atoms with Crippen molar-refractivity contribution < 1.29 is 13.2 Å². The molecule has 1 amide bonds. The van der Waals surface area contributed by atoms with E-state index in [1.54, 1.807) is 22.5 Å². The zero-order valence-corrected chi connectivity index (χ0v) is 14.5. The third-order valence-electron chi connectivity index (χ3n) is 4.67. The first-order valence-corrected chi connectivity index (χ1v) is 9.73. The summed E-state index contributed by atoms with van der Waals surface area (Å²) in [5.41, 5.74) is 1.65. The average molecular weight is 336 g/mol. The SMILES string of the molecule is CC1CC(C)CN(S(=O)(=O)c2ccc3c(c2)CCCC(=O)N3)C1. The van der Waals surface area contributed by atoms with E-state index in [0.29, 0.717) is 36.2 Å². The highest BCUT2D eigenvalue weighted by Crippen LogP contribution is 2.30. The van der Waals surface area contributed by atoms with E-state index in [1.807, 2.05) is 0 Å². The molecule has 2 aliphatic heterocycles. The lowest BCUT2D eigenvalue weighted by atomic mass is 9.94. The maximum absolute atomic E-state index is 13.0. The second kappa shape index (κ2) is 6.24. The van der Waals surface area contributed by atoms with Crippen LogP contribution in [0.1, 0.15) is 38.7 Å². The van der Waals surface area contributed by atoms with Gasteiger partial charge in [0.2, 0.25) is 15.9 Å². The molecule has 0 aromatic heterocycles. The van der Waals surface area contributed by atoms with Crippen molar-refractivity contribution in [2.24, 2.45) is 11.8 Å². The van der Waals surface area contributed by atoms with Gasteiger partial charge >= 0.3 is 0 Å². The van der Waals surface area contributed by atoms with E-state index in [4.69, 9.17) is 0 Å². The van der Waals surface area contributed by atoms with Gasteiger partial charge in [0.25, 0.3) is 0 Å². The Hall–Kier alpha value is -1.40. The molecule has 23 heavy (non-hydrogen) atoms. The van der Waals surface area contributed by atoms with Crippen molar-refractivity contribution in [2.45, 2.75) is 44.4 Å². The van der Waals surface area contributed by atoms with Gasteiger partial charge in [-0.1, -0.05) is 13.8 Å². The maximum atomic E-state index is 13.0. The molecule has 2 aliphatic rings. The van der Waals surface area contributed by atoms with Crippen LogP contribution in [0.5, 0.6) is 0 Å². The summed E-state index contributed by atoms with van der Waals surface area (Å²) >= 11 is 0. The Kier molecular flexibility index (Phi) is 4.47. The molecule has 2 unspecified atom stereocenters. The van der Waals surface area contributed by atoms with E-state index in [2.05, 4.69) is 19.2 Å². The standard InChI is InChI=1S/C17H24N2O3S/c1-12-8-13(2)11-19(10-12)23(21,22)15-6-7-16-14(9-15)4-3-5-17(20)18-16/h6-7,9,12-13H,3-5,8,10-11H2,1-2H3,(H,18,20). The second-order valence-electron chi connectivity index (χ2n) is 6.99. The number of rotatable bonds is 2. The van der Waals surface area contributed by atoms with Crippen molar-refractivity contribution in [2.75, 3.05) is 18.4 Å². The minimum Gasteiger partial charge on any atom is -0.326 e. The second-order valence-corrected chi connectivity index (χ2v) is 8.93. The number of sulfonamides is 1. The number of carbonyl (C=O) groups excluding carboxylic acids is 1. The molecular formula is C17H24N2O3S. The number of nitrogens with one attached hydrogen (secondary N) is 1. The molecule has 0 bridgehead atoms. The zero-order valence-electron chi connectivity index (χ0n) is 13.7. The van der Waals surface area contributed by atoms with Gasteiger partial charge in [0, 0.05) is 25.2 Å². The fraction of sp³-hybridized carbons (Fsp3) is 0.588. The van der Waals surface area contributed by atoms with Gasteiger partial charge in [-0.05, 0) is 54.9 Å². The van der Waals surface area contributed by atoms with E-state index < -0.39 is 10.0 Å². The molecule has 5 nitrogen and oxygen atoms in total. The van der Waals surface area contributed by atoms with Gasteiger partial charge in [-0.15, -0.1) is 0 Å². The summed E-state index contributed by atoms with van der Waals surface area (Å²) in [5.74, 6) is 0.764. The van der Waals surface area contributed by atoms with E-state index >= 15 is 0 Å². The molecule has 1 saturated heterocycles. The van der Waals surface area contributed by atoms with Gasteiger partial charge in [0.15, 0.2) is 0 Å². The Morgan fingerprint density at radius 1 is 1.13 bits per heavy atom. The van der Waals surface area contributed by atoms with E-state index in [1.165, 1.54) is 0 Å². The number of carbonyl (C=O) groups is 1. The van der Waals surface area contributed by atoms with E-state index in [-0.39, 0.29) is 5.91 Å². The topological polar surface area (TPSA) is 66.5 Å². The van der Waals surface area contributed by atoms with Crippen LogP contribution < -0.4 is 5.32 Å². The molecule has 0 radical (unpaired) electrons. The minimum absolute atomic E-state index is 0.00182. The van der Waals surface area contributed by atoms with Crippen molar-refractivity contribution in [3.8, 4) is 0 Å². The fourth-order valence-corrected chi connectivity index (χ4v) is 5.39. The lowest BCUT2D eigenvalue weighted by Crippen LogP contribution is -2.42. The van der Waals surface area contributed by atoms with Crippen molar-refractivity contribution in [1.82, 2.24) is 4.31 Å². The number of benzene rings is 1. The van der Waals surface area contributed by atoms with E-state index in [0.717, 1.165) is 30.5 Å². The molecular weight excluding hydrogens is 312 g/mol. The minimum atomic E-state index is -3.47. The molecule has 1 aromatic carbocycles. The van der Waals surface area contributed by atoms with Crippen LogP contribution >= 0.6 is 0 Å². The number of piperidine rings is 1. The molecule has 3 rings (SSSR count). The summed E-state index contributed by atoms with van der Waals surface area (Å²) in [5, 5.41) is 2.85. The summed E-state index contributed by atoms with van der Waals surface area (Å²) in [6.45, 7) is 5.37. The molecule has 2 atom stereocenters. The largest absolute Gasteiger partial charge is 0.326 e. The van der Waals surface area contributed by atoms with Crippen molar-refractivity contribution in [3.63, 3.8) is 0 Å². The third-order valence-corrected chi connectivity index (χ3v) is 6.50. The molecule has 126 valence electrons. The molecule has 1 aromatic rings. The number of fused-ring (bicyclic) bond motifs is 1.